The van der Waals surface area contributed by atoms with Crippen LogP contribution in [0, 0.1) is 10.1 Å². The van der Waals surface area contributed by atoms with E-state index >= 15 is 0 Å². The molecule has 0 amide bonds. The first-order chi connectivity index (χ1) is 9.44. The first kappa shape index (κ1) is 14.1. The van der Waals surface area contributed by atoms with Gasteiger partial charge in [-0.05, 0) is 12.1 Å². The fourth-order valence-corrected chi connectivity index (χ4v) is 3.51. The van der Waals surface area contributed by atoms with Gasteiger partial charge in [0.2, 0.25) is 0 Å². The van der Waals surface area contributed by atoms with E-state index in [9.17, 15) is 18.5 Å². The summed E-state index contributed by atoms with van der Waals surface area (Å²) in [4.78, 5) is 10.0. The van der Waals surface area contributed by atoms with Crippen LogP contribution >= 0.6 is 11.3 Å². The summed E-state index contributed by atoms with van der Waals surface area (Å²) in [6, 6.07) is 3.81. The summed E-state index contributed by atoms with van der Waals surface area (Å²) in [7, 11) is -3.99. The van der Waals surface area contributed by atoms with Crippen LogP contribution in [-0.2, 0) is 10.0 Å². The number of anilines is 2. The largest absolute Gasteiger partial charge is 0.310 e. The lowest BCUT2D eigenvalue weighted by Crippen LogP contribution is -2.12. The highest BCUT2D eigenvalue weighted by atomic mass is 32.2. The zero-order valence-electron chi connectivity index (χ0n) is 9.68. The van der Waals surface area contributed by atoms with Crippen LogP contribution in [-0.4, -0.2) is 23.5 Å². The molecular weight excluding hydrogens is 308 g/mol. The second-order valence-corrected chi connectivity index (χ2v) is 6.36. The van der Waals surface area contributed by atoms with Gasteiger partial charge in [0.1, 0.15) is 4.21 Å². The maximum atomic E-state index is 12.0. The second kappa shape index (κ2) is 5.36. The summed E-state index contributed by atoms with van der Waals surface area (Å²) in [6.07, 6.45) is 1.38. The Hall–Kier alpha value is -2.31. The normalized spacial score (nSPS) is 11.1. The molecule has 0 bridgehead atoms. The van der Waals surface area contributed by atoms with Gasteiger partial charge in [0.05, 0.1) is 4.92 Å². The number of thiophene rings is 1. The van der Waals surface area contributed by atoms with Crippen molar-refractivity contribution in [3.8, 4) is 0 Å². The molecule has 0 aliphatic rings. The molecule has 2 aromatic heterocycles. The van der Waals surface area contributed by atoms with E-state index in [0.29, 0.717) is 11.3 Å². The van der Waals surface area contributed by atoms with Crippen LogP contribution in [0.5, 0.6) is 0 Å². The lowest BCUT2D eigenvalue weighted by molar-refractivity contribution is -0.383. The topological polar surface area (TPSA) is 153 Å². The molecule has 0 saturated carbocycles. The Kier molecular flexibility index (Phi) is 3.78. The van der Waals surface area contributed by atoms with Gasteiger partial charge in [-0.2, -0.15) is 5.10 Å². The molecule has 2 rings (SSSR count). The molecule has 0 fully saturated rings. The van der Waals surface area contributed by atoms with Gasteiger partial charge < -0.3 is 5.43 Å². The summed E-state index contributed by atoms with van der Waals surface area (Å²) < 4.78 is 26.0. The minimum atomic E-state index is -3.99. The van der Waals surface area contributed by atoms with Crippen molar-refractivity contribution in [2.45, 2.75) is 4.21 Å². The molecule has 2 aromatic rings. The summed E-state index contributed by atoms with van der Waals surface area (Å²) >= 11 is 0.638. The van der Waals surface area contributed by atoms with Gasteiger partial charge in [0.15, 0.2) is 10.8 Å². The first-order valence-corrected chi connectivity index (χ1v) is 7.29. The third kappa shape index (κ3) is 2.81. The van der Waals surface area contributed by atoms with Gasteiger partial charge >= 0.3 is 5.69 Å². The SMILES string of the molecule is NNc1sc(S(=O)(=O)Nc2cccnn2)cc1[N+](=O)[O-]. The van der Waals surface area contributed by atoms with Crippen LogP contribution in [0.4, 0.5) is 16.5 Å². The number of rotatable bonds is 5. The summed E-state index contributed by atoms with van der Waals surface area (Å²) in [5, 5.41) is 17.8. The van der Waals surface area contributed by atoms with Crippen molar-refractivity contribution in [1.29, 1.82) is 0 Å². The lowest BCUT2D eigenvalue weighted by Gasteiger charge is -2.03. The number of hydrogen-bond donors (Lipinski definition) is 3. The predicted octanol–water partition coefficient (Wildman–Crippen LogP) is 0.533. The molecule has 0 unspecified atom stereocenters. The van der Waals surface area contributed by atoms with Crippen molar-refractivity contribution in [2.24, 2.45) is 5.84 Å². The average Bonchev–Trinajstić information content (AvgIpc) is 2.84. The highest BCUT2D eigenvalue weighted by Crippen LogP contribution is 2.36. The molecule has 0 saturated heterocycles. The predicted molar refractivity (Wildman–Crippen MR) is 71.6 cm³/mol. The Balaban J connectivity index is 2.37. The molecule has 10 nitrogen and oxygen atoms in total. The minimum Gasteiger partial charge on any atom is -0.310 e. The monoisotopic (exact) mass is 316 g/mol. The van der Waals surface area contributed by atoms with Crippen LogP contribution in [0.1, 0.15) is 0 Å². The maximum Gasteiger partial charge on any atom is 0.306 e. The van der Waals surface area contributed by atoms with Gasteiger partial charge in [-0.25, -0.2) is 14.3 Å². The third-order valence-electron chi connectivity index (χ3n) is 2.09. The van der Waals surface area contributed by atoms with Crippen molar-refractivity contribution in [3.63, 3.8) is 0 Å². The molecule has 20 heavy (non-hydrogen) atoms. The van der Waals surface area contributed by atoms with Crippen LogP contribution in [0.2, 0.25) is 0 Å². The van der Waals surface area contributed by atoms with E-state index < -0.39 is 20.6 Å². The Labute approximate surface area is 116 Å². The third-order valence-corrected chi connectivity index (χ3v) is 4.98. The van der Waals surface area contributed by atoms with Crippen molar-refractivity contribution in [1.82, 2.24) is 10.2 Å². The first-order valence-electron chi connectivity index (χ1n) is 4.99. The van der Waals surface area contributed by atoms with Crippen molar-refractivity contribution < 1.29 is 13.3 Å². The molecule has 0 radical (unpaired) electrons. The van der Waals surface area contributed by atoms with E-state index in [2.05, 4.69) is 20.3 Å². The Morgan fingerprint density at radius 1 is 1.45 bits per heavy atom. The fourth-order valence-electron chi connectivity index (χ4n) is 1.27. The second-order valence-electron chi connectivity index (χ2n) is 3.40. The Bertz CT molecular complexity index is 729. The number of hydrazine groups is 1. The molecule has 12 heteroatoms. The number of nitrogens with two attached hydrogens (primary N) is 1. The standard InChI is InChI=1S/C8H8N6O4S2/c9-11-8-5(14(15)16)4-7(19-8)20(17,18)13-6-2-1-3-10-12-6/h1-4,11H,9H2,(H,12,13). The van der Waals surface area contributed by atoms with E-state index in [-0.39, 0.29) is 15.0 Å². The van der Waals surface area contributed by atoms with Gasteiger partial charge in [0.25, 0.3) is 10.0 Å². The van der Waals surface area contributed by atoms with E-state index in [1.54, 1.807) is 0 Å². The number of hydrogen-bond acceptors (Lipinski definition) is 9. The number of aromatic nitrogens is 2. The zero-order chi connectivity index (χ0) is 14.8. The maximum absolute atomic E-state index is 12.0. The van der Waals surface area contributed by atoms with Crippen molar-refractivity contribution in [3.05, 3.63) is 34.5 Å². The van der Waals surface area contributed by atoms with Crippen LogP contribution < -0.4 is 16.0 Å². The van der Waals surface area contributed by atoms with Crippen molar-refractivity contribution in [2.75, 3.05) is 10.1 Å². The minimum absolute atomic E-state index is 0.00538. The molecule has 0 spiro atoms. The number of nitrogens with one attached hydrogen (secondary N) is 2. The van der Waals surface area contributed by atoms with Crippen LogP contribution in [0.15, 0.2) is 28.6 Å². The highest BCUT2D eigenvalue weighted by Gasteiger charge is 2.26. The molecule has 0 atom stereocenters. The van der Waals surface area contributed by atoms with E-state index in [4.69, 9.17) is 5.84 Å². The molecule has 2 heterocycles. The number of nitrogen functional groups attached to an aromatic ring is 1. The highest BCUT2D eigenvalue weighted by molar-refractivity contribution is 7.94. The van der Waals surface area contributed by atoms with E-state index in [1.165, 1.54) is 18.3 Å². The Morgan fingerprint density at radius 2 is 2.20 bits per heavy atom. The zero-order valence-corrected chi connectivity index (χ0v) is 11.3. The van der Waals surface area contributed by atoms with Gasteiger partial charge in [-0.15, -0.1) is 5.10 Å². The van der Waals surface area contributed by atoms with Gasteiger partial charge in [-0.1, -0.05) is 11.3 Å². The summed E-state index contributed by atoms with van der Waals surface area (Å²) in [5.41, 5.74) is 1.67. The molecule has 0 aliphatic heterocycles. The fraction of sp³-hybridized carbons (Fsp3) is 0. The molecule has 0 aromatic carbocycles. The molecular formula is C8H8N6O4S2. The van der Waals surface area contributed by atoms with Crippen LogP contribution in [0.3, 0.4) is 0 Å². The number of sulfonamides is 1. The lowest BCUT2D eigenvalue weighted by atomic mass is 10.5. The quantitative estimate of drug-likeness (QED) is 0.410. The molecule has 106 valence electrons. The summed E-state index contributed by atoms with van der Waals surface area (Å²) in [6.45, 7) is 0. The van der Waals surface area contributed by atoms with Gasteiger partial charge in [0, 0.05) is 12.3 Å². The molecule has 4 N–H and O–H groups in total. The number of nitro groups is 1. The number of nitrogens with zero attached hydrogens (tertiary/aromatic N) is 3. The van der Waals surface area contributed by atoms with Crippen molar-refractivity contribution >= 4 is 37.9 Å². The average molecular weight is 316 g/mol. The van der Waals surface area contributed by atoms with E-state index in [0.717, 1.165) is 6.07 Å². The molecule has 0 aliphatic carbocycles. The Morgan fingerprint density at radius 3 is 2.70 bits per heavy atom. The van der Waals surface area contributed by atoms with Crippen LogP contribution in [0.25, 0.3) is 0 Å². The van der Waals surface area contributed by atoms with Gasteiger partial charge in [-0.3, -0.25) is 14.8 Å². The smallest absolute Gasteiger partial charge is 0.306 e. The summed E-state index contributed by atoms with van der Waals surface area (Å²) in [5.74, 6) is 5.12. The van der Waals surface area contributed by atoms with E-state index in [1.807, 2.05) is 0 Å².